The highest BCUT2D eigenvalue weighted by Gasteiger charge is 1.95. The Morgan fingerprint density at radius 2 is 2.50 bits per heavy atom. The monoisotopic (exact) mass is 185 g/mol. The normalized spacial score (nSPS) is 13.2. The summed E-state index contributed by atoms with van der Waals surface area (Å²) in [5.41, 5.74) is 1.32. The maximum absolute atomic E-state index is 8.97. The van der Waals surface area contributed by atoms with Gasteiger partial charge in [-0.15, -0.1) is 0 Å². The van der Waals surface area contributed by atoms with Crippen molar-refractivity contribution in [1.29, 1.82) is 0 Å². The molecule has 1 rings (SSSR count). The first-order valence-electron chi connectivity index (χ1n) is 4.19. The van der Waals surface area contributed by atoms with E-state index in [0.717, 1.165) is 19.5 Å². The molecule has 0 amide bonds. The third-order valence-electron chi connectivity index (χ3n) is 1.65. The Kier molecular flexibility index (Phi) is 4.29. The quantitative estimate of drug-likeness (QED) is 0.683. The molecule has 2 nitrogen and oxygen atoms in total. The van der Waals surface area contributed by atoms with Gasteiger partial charge in [-0.05, 0) is 42.3 Å². The number of aliphatic hydroxyl groups is 1. The van der Waals surface area contributed by atoms with E-state index >= 15 is 0 Å². The Balaban J connectivity index is 2.04. The first kappa shape index (κ1) is 9.71. The number of hydrogen-bond donors (Lipinski definition) is 2. The maximum Gasteiger partial charge on any atom is 0.0524 e. The number of rotatable bonds is 5. The molecule has 0 spiro atoms. The minimum atomic E-state index is -0.194. The van der Waals surface area contributed by atoms with Crippen molar-refractivity contribution >= 4 is 11.3 Å². The van der Waals surface area contributed by atoms with Crippen LogP contribution in [-0.2, 0) is 6.54 Å². The van der Waals surface area contributed by atoms with Crippen LogP contribution in [0.2, 0.25) is 0 Å². The Morgan fingerprint density at radius 1 is 1.67 bits per heavy atom. The van der Waals surface area contributed by atoms with Crippen molar-refractivity contribution in [3.05, 3.63) is 22.4 Å². The molecule has 2 N–H and O–H groups in total. The second-order valence-electron chi connectivity index (χ2n) is 2.95. The molecule has 1 unspecified atom stereocenters. The van der Waals surface area contributed by atoms with Crippen LogP contribution in [0.5, 0.6) is 0 Å². The predicted molar refractivity (Wildman–Crippen MR) is 52.3 cm³/mol. The molecule has 0 radical (unpaired) electrons. The van der Waals surface area contributed by atoms with Gasteiger partial charge < -0.3 is 10.4 Å². The summed E-state index contributed by atoms with van der Waals surface area (Å²) in [6.45, 7) is 3.61. The average molecular weight is 185 g/mol. The largest absolute Gasteiger partial charge is 0.393 e. The van der Waals surface area contributed by atoms with Gasteiger partial charge in [0, 0.05) is 6.54 Å². The molecule has 1 aromatic heterocycles. The SMILES string of the molecule is CC(O)CCNCc1ccsc1. The molecule has 1 aromatic rings. The lowest BCUT2D eigenvalue weighted by atomic mass is 10.3. The molecule has 0 aliphatic carbocycles. The zero-order valence-electron chi connectivity index (χ0n) is 7.29. The van der Waals surface area contributed by atoms with E-state index in [-0.39, 0.29) is 6.10 Å². The molecule has 3 heteroatoms. The molecular weight excluding hydrogens is 170 g/mol. The Morgan fingerprint density at radius 3 is 3.08 bits per heavy atom. The first-order chi connectivity index (χ1) is 5.79. The van der Waals surface area contributed by atoms with E-state index in [1.165, 1.54) is 5.56 Å². The molecule has 0 aromatic carbocycles. The van der Waals surface area contributed by atoms with Gasteiger partial charge in [0.15, 0.2) is 0 Å². The van der Waals surface area contributed by atoms with Crippen LogP contribution in [0.4, 0.5) is 0 Å². The minimum Gasteiger partial charge on any atom is -0.393 e. The number of hydrogen-bond acceptors (Lipinski definition) is 3. The summed E-state index contributed by atoms with van der Waals surface area (Å²) in [5.74, 6) is 0. The van der Waals surface area contributed by atoms with Crippen LogP contribution in [0.3, 0.4) is 0 Å². The van der Waals surface area contributed by atoms with Gasteiger partial charge in [0.05, 0.1) is 6.10 Å². The smallest absolute Gasteiger partial charge is 0.0524 e. The standard InChI is InChI=1S/C9H15NOS/c1-8(11)2-4-10-6-9-3-5-12-7-9/h3,5,7-8,10-11H,2,4,6H2,1H3. The van der Waals surface area contributed by atoms with Crippen molar-refractivity contribution in [3.63, 3.8) is 0 Å². The topological polar surface area (TPSA) is 32.3 Å². The molecule has 68 valence electrons. The molecular formula is C9H15NOS. The van der Waals surface area contributed by atoms with Gasteiger partial charge in [-0.25, -0.2) is 0 Å². The van der Waals surface area contributed by atoms with Gasteiger partial charge in [-0.1, -0.05) is 0 Å². The average Bonchev–Trinajstić information content (AvgIpc) is 2.49. The Bertz CT molecular complexity index is 196. The fraction of sp³-hybridized carbons (Fsp3) is 0.556. The highest BCUT2D eigenvalue weighted by atomic mass is 32.1. The van der Waals surface area contributed by atoms with Crippen LogP contribution in [0.25, 0.3) is 0 Å². The summed E-state index contributed by atoms with van der Waals surface area (Å²) in [4.78, 5) is 0. The van der Waals surface area contributed by atoms with E-state index in [1.54, 1.807) is 11.3 Å². The van der Waals surface area contributed by atoms with Crippen LogP contribution in [0.15, 0.2) is 16.8 Å². The zero-order chi connectivity index (χ0) is 8.81. The zero-order valence-corrected chi connectivity index (χ0v) is 8.10. The third-order valence-corrected chi connectivity index (χ3v) is 2.38. The lowest BCUT2D eigenvalue weighted by Gasteiger charge is -2.04. The van der Waals surface area contributed by atoms with Crippen molar-refractivity contribution in [2.24, 2.45) is 0 Å². The van der Waals surface area contributed by atoms with E-state index in [0.29, 0.717) is 0 Å². The van der Waals surface area contributed by atoms with Crippen LogP contribution in [-0.4, -0.2) is 17.8 Å². The van der Waals surface area contributed by atoms with Gasteiger partial charge in [0.1, 0.15) is 0 Å². The van der Waals surface area contributed by atoms with Crippen LogP contribution < -0.4 is 5.32 Å². The molecule has 1 atom stereocenters. The summed E-state index contributed by atoms with van der Waals surface area (Å²) in [7, 11) is 0. The van der Waals surface area contributed by atoms with Crippen LogP contribution in [0.1, 0.15) is 18.9 Å². The highest BCUT2D eigenvalue weighted by Crippen LogP contribution is 2.04. The fourth-order valence-electron chi connectivity index (χ4n) is 0.937. The summed E-state index contributed by atoms with van der Waals surface area (Å²) in [5, 5.41) is 16.4. The van der Waals surface area contributed by atoms with Crippen molar-refractivity contribution in [1.82, 2.24) is 5.32 Å². The number of thiophene rings is 1. The second-order valence-corrected chi connectivity index (χ2v) is 3.73. The first-order valence-corrected chi connectivity index (χ1v) is 5.13. The van der Waals surface area contributed by atoms with Gasteiger partial charge in [-0.3, -0.25) is 0 Å². The molecule has 0 saturated carbocycles. The van der Waals surface area contributed by atoms with Gasteiger partial charge in [-0.2, -0.15) is 11.3 Å². The lowest BCUT2D eigenvalue weighted by Crippen LogP contribution is -2.18. The van der Waals surface area contributed by atoms with Crippen LogP contribution >= 0.6 is 11.3 Å². The number of aliphatic hydroxyl groups excluding tert-OH is 1. The molecule has 1 heterocycles. The molecule has 0 bridgehead atoms. The maximum atomic E-state index is 8.97. The second kappa shape index (κ2) is 5.30. The van der Waals surface area contributed by atoms with Crippen molar-refractivity contribution in [3.8, 4) is 0 Å². The van der Waals surface area contributed by atoms with E-state index in [9.17, 15) is 0 Å². The van der Waals surface area contributed by atoms with Crippen LogP contribution in [0, 0.1) is 0 Å². The molecule has 0 fully saturated rings. The molecule has 12 heavy (non-hydrogen) atoms. The van der Waals surface area contributed by atoms with Gasteiger partial charge in [0.25, 0.3) is 0 Å². The lowest BCUT2D eigenvalue weighted by molar-refractivity contribution is 0.183. The van der Waals surface area contributed by atoms with E-state index < -0.39 is 0 Å². The number of nitrogens with one attached hydrogen (secondary N) is 1. The summed E-state index contributed by atoms with van der Waals surface area (Å²) in [6, 6.07) is 2.11. The van der Waals surface area contributed by atoms with E-state index in [2.05, 4.69) is 22.1 Å². The predicted octanol–water partition coefficient (Wildman–Crippen LogP) is 1.61. The Labute approximate surface area is 77.2 Å². The fourth-order valence-corrected chi connectivity index (χ4v) is 1.61. The van der Waals surface area contributed by atoms with Crippen molar-refractivity contribution in [2.75, 3.05) is 6.54 Å². The summed E-state index contributed by atoms with van der Waals surface area (Å²) >= 11 is 1.71. The third kappa shape index (κ3) is 3.85. The highest BCUT2D eigenvalue weighted by molar-refractivity contribution is 7.07. The molecule has 0 saturated heterocycles. The minimum absolute atomic E-state index is 0.194. The molecule has 0 aliphatic rings. The van der Waals surface area contributed by atoms with E-state index in [1.807, 2.05) is 6.92 Å². The Hall–Kier alpha value is -0.380. The summed E-state index contributed by atoms with van der Waals surface area (Å²) < 4.78 is 0. The van der Waals surface area contributed by atoms with Gasteiger partial charge in [0.2, 0.25) is 0 Å². The molecule has 0 aliphatic heterocycles. The van der Waals surface area contributed by atoms with Gasteiger partial charge >= 0.3 is 0 Å². The summed E-state index contributed by atoms with van der Waals surface area (Å²) in [6.07, 6.45) is 0.629. The van der Waals surface area contributed by atoms with Crippen molar-refractivity contribution < 1.29 is 5.11 Å². The van der Waals surface area contributed by atoms with E-state index in [4.69, 9.17) is 5.11 Å². The van der Waals surface area contributed by atoms with Crippen molar-refractivity contribution in [2.45, 2.75) is 26.0 Å².